The molecule has 3 aromatic rings. The lowest BCUT2D eigenvalue weighted by Crippen LogP contribution is -2.34. The quantitative estimate of drug-likeness (QED) is 0.708. The van der Waals surface area contributed by atoms with Crippen LogP contribution >= 0.6 is 11.6 Å². The van der Waals surface area contributed by atoms with Crippen LogP contribution in [0, 0.1) is 0 Å². The van der Waals surface area contributed by atoms with Crippen LogP contribution in [-0.4, -0.2) is 21.6 Å². The Labute approximate surface area is 149 Å². The van der Waals surface area contributed by atoms with Gasteiger partial charge in [0.05, 0.1) is 0 Å². The number of rotatable bonds is 6. The minimum atomic E-state index is -1.09. The molecular weight excluding hydrogens is 340 g/mol. The maximum absolute atomic E-state index is 12.2. The van der Waals surface area contributed by atoms with E-state index in [2.05, 4.69) is 5.32 Å². The Kier molecular flexibility index (Phi) is 5.05. The molecule has 0 saturated heterocycles. The molecule has 5 nitrogen and oxygen atoms in total. The SMILES string of the molecule is O=C(CCn1ccc2c(Cl)cccc21)N[C@@H](C(=O)O)c1ccccc1. The minimum Gasteiger partial charge on any atom is -0.479 e. The molecule has 0 saturated carbocycles. The van der Waals surface area contributed by atoms with Gasteiger partial charge in [0.2, 0.25) is 5.91 Å². The predicted octanol–water partition coefficient (Wildman–Crippen LogP) is 3.63. The number of aryl methyl sites for hydroxylation is 1. The van der Waals surface area contributed by atoms with Crippen LogP contribution in [0.1, 0.15) is 18.0 Å². The van der Waals surface area contributed by atoms with E-state index in [0.29, 0.717) is 17.1 Å². The van der Waals surface area contributed by atoms with Crippen LogP contribution < -0.4 is 5.32 Å². The number of carbonyl (C=O) groups is 2. The van der Waals surface area contributed by atoms with Crippen molar-refractivity contribution >= 4 is 34.4 Å². The van der Waals surface area contributed by atoms with Crippen molar-refractivity contribution in [2.75, 3.05) is 0 Å². The van der Waals surface area contributed by atoms with Crippen molar-refractivity contribution in [2.45, 2.75) is 19.0 Å². The number of carboxylic acids is 1. The number of nitrogens with zero attached hydrogens (tertiary/aromatic N) is 1. The van der Waals surface area contributed by atoms with E-state index in [1.165, 1.54) is 0 Å². The van der Waals surface area contributed by atoms with Crippen molar-refractivity contribution in [3.8, 4) is 0 Å². The van der Waals surface area contributed by atoms with Gasteiger partial charge in [-0.15, -0.1) is 0 Å². The molecule has 0 aliphatic heterocycles. The summed E-state index contributed by atoms with van der Waals surface area (Å²) in [6, 6.07) is 15.1. The Balaban J connectivity index is 1.67. The number of halogens is 1. The summed E-state index contributed by atoms with van der Waals surface area (Å²) in [5.41, 5.74) is 1.49. The van der Waals surface area contributed by atoms with E-state index in [1.54, 1.807) is 30.3 Å². The van der Waals surface area contributed by atoms with Crippen molar-refractivity contribution in [1.29, 1.82) is 0 Å². The monoisotopic (exact) mass is 356 g/mol. The molecule has 0 bridgehead atoms. The molecule has 0 fully saturated rings. The standard InChI is InChI=1S/C19H17ClN2O3/c20-15-7-4-8-16-14(15)9-11-22(16)12-10-17(23)21-18(19(24)25)13-5-2-1-3-6-13/h1-9,11,18H,10,12H2,(H,21,23)(H,24,25)/t18-/m1/s1. The van der Waals surface area contributed by atoms with Gasteiger partial charge in [0, 0.05) is 35.1 Å². The first-order chi connectivity index (χ1) is 12.1. The predicted molar refractivity (Wildman–Crippen MR) is 96.5 cm³/mol. The summed E-state index contributed by atoms with van der Waals surface area (Å²) in [5, 5.41) is 13.5. The van der Waals surface area contributed by atoms with E-state index < -0.39 is 12.0 Å². The van der Waals surface area contributed by atoms with E-state index >= 15 is 0 Å². The van der Waals surface area contributed by atoms with Gasteiger partial charge in [-0.25, -0.2) is 4.79 Å². The first-order valence-corrected chi connectivity index (χ1v) is 8.24. The van der Waals surface area contributed by atoms with Crippen molar-refractivity contribution in [3.05, 3.63) is 71.4 Å². The van der Waals surface area contributed by atoms with Gasteiger partial charge in [0.1, 0.15) is 0 Å². The molecule has 2 aromatic carbocycles. The zero-order valence-corrected chi connectivity index (χ0v) is 14.1. The number of aromatic nitrogens is 1. The highest BCUT2D eigenvalue weighted by Gasteiger charge is 2.21. The smallest absolute Gasteiger partial charge is 0.330 e. The van der Waals surface area contributed by atoms with Crippen molar-refractivity contribution in [2.24, 2.45) is 0 Å². The first kappa shape index (κ1) is 17.0. The fourth-order valence-electron chi connectivity index (χ4n) is 2.77. The Morgan fingerprint density at radius 3 is 2.56 bits per heavy atom. The van der Waals surface area contributed by atoms with Crippen molar-refractivity contribution in [3.63, 3.8) is 0 Å². The molecule has 0 radical (unpaired) electrons. The third-order valence-electron chi connectivity index (χ3n) is 4.03. The molecule has 1 heterocycles. The van der Waals surface area contributed by atoms with Gasteiger partial charge < -0.3 is 15.0 Å². The van der Waals surface area contributed by atoms with Gasteiger partial charge in [-0.2, -0.15) is 0 Å². The van der Waals surface area contributed by atoms with Gasteiger partial charge in [-0.05, 0) is 23.8 Å². The lowest BCUT2D eigenvalue weighted by Gasteiger charge is -2.15. The second-order valence-corrected chi connectivity index (χ2v) is 6.09. The first-order valence-electron chi connectivity index (χ1n) is 7.87. The summed E-state index contributed by atoms with van der Waals surface area (Å²) in [6.45, 7) is 0.441. The van der Waals surface area contributed by atoms with Crippen LogP contribution in [0.25, 0.3) is 10.9 Å². The average molecular weight is 357 g/mol. The number of benzene rings is 2. The Morgan fingerprint density at radius 2 is 1.84 bits per heavy atom. The summed E-state index contributed by atoms with van der Waals surface area (Å²) in [7, 11) is 0. The molecule has 1 atom stereocenters. The molecular formula is C19H17ClN2O3. The summed E-state index contributed by atoms with van der Waals surface area (Å²) in [6.07, 6.45) is 2.04. The third-order valence-corrected chi connectivity index (χ3v) is 4.36. The van der Waals surface area contributed by atoms with Gasteiger partial charge in [-0.1, -0.05) is 48.0 Å². The second-order valence-electron chi connectivity index (χ2n) is 5.68. The van der Waals surface area contributed by atoms with Crippen LogP contribution in [0.15, 0.2) is 60.8 Å². The van der Waals surface area contributed by atoms with Crippen LogP contribution in [0.2, 0.25) is 5.02 Å². The van der Waals surface area contributed by atoms with Crippen molar-refractivity contribution in [1.82, 2.24) is 9.88 Å². The highest BCUT2D eigenvalue weighted by Crippen LogP contribution is 2.24. The number of hydrogen-bond acceptors (Lipinski definition) is 2. The third kappa shape index (κ3) is 3.83. The molecule has 3 rings (SSSR count). The molecule has 128 valence electrons. The number of nitrogens with one attached hydrogen (secondary N) is 1. The molecule has 0 aliphatic carbocycles. The number of aliphatic carboxylic acids is 1. The van der Waals surface area contributed by atoms with E-state index in [4.69, 9.17) is 11.6 Å². The number of hydrogen-bond donors (Lipinski definition) is 2. The molecule has 0 unspecified atom stereocenters. The maximum Gasteiger partial charge on any atom is 0.330 e. The van der Waals surface area contributed by atoms with Gasteiger partial charge >= 0.3 is 5.97 Å². The number of fused-ring (bicyclic) bond motifs is 1. The fourth-order valence-corrected chi connectivity index (χ4v) is 3.00. The normalized spacial score (nSPS) is 12.0. The molecule has 6 heteroatoms. The second kappa shape index (κ2) is 7.40. The zero-order valence-electron chi connectivity index (χ0n) is 13.4. The van der Waals surface area contributed by atoms with Crippen LogP contribution in [0.4, 0.5) is 0 Å². The topological polar surface area (TPSA) is 71.3 Å². The molecule has 1 amide bonds. The largest absolute Gasteiger partial charge is 0.479 e. The van der Waals surface area contributed by atoms with Gasteiger partial charge in [0.25, 0.3) is 0 Å². The van der Waals surface area contributed by atoms with Crippen LogP contribution in [0.5, 0.6) is 0 Å². The minimum absolute atomic E-state index is 0.174. The molecule has 25 heavy (non-hydrogen) atoms. The molecule has 0 spiro atoms. The summed E-state index contributed by atoms with van der Waals surface area (Å²) >= 11 is 6.15. The Hall–Kier alpha value is -2.79. The lowest BCUT2D eigenvalue weighted by molar-refractivity contribution is -0.142. The summed E-state index contributed by atoms with van der Waals surface area (Å²) in [4.78, 5) is 23.7. The lowest BCUT2D eigenvalue weighted by atomic mass is 10.1. The van der Waals surface area contributed by atoms with Crippen LogP contribution in [-0.2, 0) is 16.1 Å². The number of amides is 1. The summed E-state index contributed by atoms with van der Waals surface area (Å²) < 4.78 is 1.93. The fraction of sp³-hybridized carbons (Fsp3) is 0.158. The Bertz CT molecular complexity index is 905. The summed E-state index contributed by atoms with van der Waals surface area (Å²) in [5.74, 6) is -1.40. The number of carbonyl (C=O) groups excluding carboxylic acids is 1. The number of carboxylic acid groups (broad SMARTS) is 1. The van der Waals surface area contributed by atoms with Crippen molar-refractivity contribution < 1.29 is 14.7 Å². The van der Waals surface area contributed by atoms with E-state index in [1.807, 2.05) is 35.0 Å². The Morgan fingerprint density at radius 1 is 1.08 bits per heavy atom. The average Bonchev–Trinajstić information content (AvgIpc) is 3.03. The highest BCUT2D eigenvalue weighted by atomic mass is 35.5. The van der Waals surface area contributed by atoms with E-state index in [-0.39, 0.29) is 12.3 Å². The highest BCUT2D eigenvalue weighted by molar-refractivity contribution is 6.35. The maximum atomic E-state index is 12.2. The molecule has 2 N–H and O–H groups in total. The van der Waals surface area contributed by atoms with Gasteiger partial charge in [0.15, 0.2) is 6.04 Å². The zero-order chi connectivity index (χ0) is 17.8. The van der Waals surface area contributed by atoms with E-state index in [9.17, 15) is 14.7 Å². The molecule has 1 aromatic heterocycles. The van der Waals surface area contributed by atoms with Gasteiger partial charge in [-0.3, -0.25) is 4.79 Å². The molecule has 0 aliphatic rings. The van der Waals surface area contributed by atoms with Crippen LogP contribution in [0.3, 0.4) is 0 Å². The van der Waals surface area contributed by atoms with E-state index in [0.717, 1.165) is 10.9 Å².